The highest BCUT2D eigenvalue weighted by atomic mass is 32.1. The highest BCUT2D eigenvalue weighted by Crippen LogP contribution is 2.31. The third-order valence-electron chi connectivity index (χ3n) is 4.67. The van der Waals surface area contributed by atoms with Crippen molar-refractivity contribution >= 4 is 21.6 Å². The normalized spacial score (nSPS) is 18.6. The van der Waals surface area contributed by atoms with E-state index in [-0.39, 0.29) is 5.92 Å². The summed E-state index contributed by atoms with van der Waals surface area (Å²) in [5.41, 5.74) is 0.957. The molecule has 4 rings (SSSR count). The Morgan fingerprint density at radius 3 is 2.89 bits per heavy atom. The minimum Gasteiger partial charge on any atom is -0.457 e. The summed E-state index contributed by atoms with van der Waals surface area (Å²) in [4.78, 5) is 6.06. The zero-order valence-electron chi connectivity index (χ0n) is 14.6. The number of alkyl halides is 3. The van der Waals surface area contributed by atoms with E-state index in [9.17, 15) is 13.2 Å². The molecule has 1 fully saturated rings. The van der Waals surface area contributed by atoms with E-state index in [0.717, 1.165) is 33.2 Å². The van der Waals surface area contributed by atoms with Crippen LogP contribution in [0.3, 0.4) is 0 Å². The summed E-state index contributed by atoms with van der Waals surface area (Å²) in [5, 5.41) is 4.15. The molecular weight excluding hydrogens is 375 g/mol. The lowest BCUT2D eigenvalue weighted by Gasteiger charge is -2.17. The van der Waals surface area contributed by atoms with E-state index in [4.69, 9.17) is 4.42 Å². The molecule has 2 aromatic heterocycles. The van der Waals surface area contributed by atoms with Crippen molar-refractivity contribution in [1.82, 2.24) is 15.2 Å². The smallest absolute Gasteiger partial charge is 0.401 e. The number of para-hydroxylation sites is 1. The van der Waals surface area contributed by atoms with Crippen LogP contribution in [0.5, 0.6) is 0 Å². The Labute approximate surface area is 159 Å². The van der Waals surface area contributed by atoms with Gasteiger partial charge in [0.15, 0.2) is 10.8 Å². The van der Waals surface area contributed by atoms with Crippen molar-refractivity contribution in [3.8, 4) is 10.8 Å². The molecule has 3 heterocycles. The van der Waals surface area contributed by atoms with Gasteiger partial charge < -0.3 is 9.73 Å². The van der Waals surface area contributed by atoms with Gasteiger partial charge in [0.05, 0.1) is 23.3 Å². The highest BCUT2D eigenvalue weighted by molar-refractivity contribution is 7.21. The summed E-state index contributed by atoms with van der Waals surface area (Å²) in [6.45, 7) is 1.43. The fraction of sp³-hybridized carbons (Fsp3) is 0.421. The first-order valence-corrected chi connectivity index (χ1v) is 9.72. The second-order valence-corrected chi connectivity index (χ2v) is 7.92. The van der Waals surface area contributed by atoms with Crippen LogP contribution in [0.4, 0.5) is 13.2 Å². The summed E-state index contributed by atoms with van der Waals surface area (Å²) in [6, 6.07) is 11.8. The number of hydrogen-bond acceptors (Lipinski definition) is 5. The van der Waals surface area contributed by atoms with Crippen molar-refractivity contribution in [1.29, 1.82) is 0 Å². The average molecular weight is 395 g/mol. The number of benzene rings is 1. The van der Waals surface area contributed by atoms with E-state index < -0.39 is 12.7 Å². The van der Waals surface area contributed by atoms with Gasteiger partial charge in [-0.25, -0.2) is 4.98 Å². The van der Waals surface area contributed by atoms with Gasteiger partial charge in [0.1, 0.15) is 5.76 Å². The van der Waals surface area contributed by atoms with Crippen molar-refractivity contribution in [2.45, 2.75) is 19.1 Å². The van der Waals surface area contributed by atoms with Crippen LogP contribution in [-0.4, -0.2) is 42.2 Å². The second-order valence-electron chi connectivity index (χ2n) is 6.89. The monoisotopic (exact) mass is 395 g/mol. The second kappa shape index (κ2) is 7.61. The number of rotatable bonds is 6. The zero-order valence-corrected chi connectivity index (χ0v) is 15.4. The molecule has 1 N–H and O–H groups in total. The average Bonchev–Trinajstić information content (AvgIpc) is 3.32. The molecule has 0 bridgehead atoms. The minimum atomic E-state index is -4.12. The van der Waals surface area contributed by atoms with Gasteiger partial charge in [0.2, 0.25) is 0 Å². The van der Waals surface area contributed by atoms with Gasteiger partial charge in [-0.3, -0.25) is 4.90 Å². The zero-order chi connectivity index (χ0) is 18.9. The van der Waals surface area contributed by atoms with E-state index in [2.05, 4.69) is 10.3 Å². The Hall–Kier alpha value is -1.90. The van der Waals surface area contributed by atoms with Crippen LogP contribution in [0, 0.1) is 5.92 Å². The predicted octanol–water partition coefficient (Wildman–Crippen LogP) is 4.53. The number of likely N-dealkylation sites (tertiary alicyclic amines) is 1. The number of hydrogen-bond donors (Lipinski definition) is 1. The van der Waals surface area contributed by atoms with Crippen LogP contribution in [0.25, 0.3) is 21.0 Å². The van der Waals surface area contributed by atoms with Crippen LogP contribution < -0.4 is 5.32 Å². The first-order chi connectivity index (χ1) is 13.0. The van der Waals surface area contributed by atoms with Crippen LogP contribution in [0.1, 0.15) is 12.2 Å². The molecule has 1 aliphatic heterocycles. The Bertz CT molecular complexity index is 872. The van der Waals surface area contributed by atoms with E-state index in [1.165, 1.54) is 4.90 Å². The SMILES string of the molecule is FC(F)(F)CN1CCC(CNCc2ccc(-c3nc4ccccc4s3)o2)C1. The Balaban J connectivity index is 1.28. The number of nitrogens with one attached hydrogen (secondary N) is 1. The summed E-state index contributed by atoms with van der Waals surface area (Å²) in [5.74, 6) is 1.78. The lowest BCUT2D eigenvalue weighted by atomic mass is 10.1. The third kappa shape index (κ3) is 4.69. The molecule has 1 aliphatic rings. The Morgan fingerprint density at radius 1 is 1.22 bits per heavy atom. The molecule has 1 saturated heterocycles. The van der Waals surface area contributed by atoms with E-state index in [1.54, 1.807) is 11.3 Å². The number of thiazole rings is 1. The van der Waals surface area contributed by atoms with Crippen molar-refractivity contribution in [2.24, 2.45) is 5.92 Å². The summed E-state index contributed by atoms with van der Waals surface area (Å²) in [6.07, 6.45) is -3.33. The third-order valence-corrected chi connectivity index (χ3v) is 5.72. The van der Waals surface area contributed by atoms with Gasteiger partial charge in [-0.1, -0.05) is 12.1 Å². The number of fused-ring (bicyclic) bond motifs is 1. The van der Waals surface area contributed by atoms with Crippen LogP contribution >= 0.6 is 11.3 Å². The molecule has 3 aromatic rings. The molecule has 8 heteroatoms. The number of aromatic nitrogens is 1. The maximum absolute atomic E-state index is 12.4. The lowest BCUT2D eigenvalue weighted by Crippen LogP contribution is -2.33. The summed E-state index contributed by atoms with van der Waals surface area (Å²) in [7, 11) is 0. The minimum absolute atomic E-state index is 0.242. The quantitative estimate of drug-likeness (QED) is 0.666. The largest absolute Gasteiger partial charge is 0.457 e. The van der Waals surface area contributed by atoms with Crippen molar-refractivity contribution in [2.75, 3.05) is 26.2 Å². The molecule has 0 aliphatic carbocycles. The number of halogens is 3. The van der Waals surface area contributed by atoms with Gasteiger partial charge >= 0.3 is 6.18 Å². The molecule has 0 spiro atoms. The standard InChI is InChI=1S/C19H20F3N3OS/c20-19(21,22)12-25-8-7-13(11-25)9-23-10-14-5-6-16(26-14)18-24-15-3-1-2-4-17(15)27-18/h1-6,13,23H,7-12H2. The number of furan rings is 1. The van der Waals surface area contributed by atoms with Gasteiger partial charge in [-0.2, -0.15) is 13.2 Å². The first kappa shape index (κ1) is 18.5. The van der Waals surface area contributed by atoms with E-state index >= 15 is 0 Å². The first-order valence-electron chi connectivity index (χ1n) is 8.91. The predicted molar refractivity (Wildman–Crippen MR) is 99.6 cm³/mol. The van der Waals surface area contributed by atoms with Gasteiger partial charge in [-0.05, 0) is 49.7 Å². The molecule has 144 valence electrons. The Kier molecular flexibility index (Phi) is 5.21. The fourth-order valence-corrected chi connectivity index (χ4v) is 4.37. The molecular formula is C19H20F3N3OS. The van der Waals surface area contributed by atoms with Crippen LogP contribution in [0.15, 0.2) is 40.8 Å². The van der Waals surface area contributed by atoms with Gasteiger partial charge in [0.25, 0.3) is 0 Å². The molecule has 0 amide bonds. The maximum atomic E-state index is 12.4. The fourth-order valence-electron chi connectivity index (χ4n) is 3.44. The molecule has 1 unspecified atom stereocenters. The molecule has 1 atom stereocenters. The van der Waals surface area contributed by atoms with E-state index in [1.807, 2.05) is 36.4 Å². The lowest BCUT2D eigenvalue weighted by molar-refractivity contribution is -0.143. The summed E-state index contributed by atoms with van der Waals surface area (Å²) >= 11 is 1.59. The van der Waals surface area contributed by atoms with Crippen molar-refractivity contribution in [3.63, 3.8) is 0 Å². The molecule has 1 aromatic carbocycles. The molecule has 4 nitrogen and oxygen atoms in total. The highest BCUT2D eigenvalue weighted by Gasteiger charge is 2.34. The molecule has 0 radical (unpaired) electrons. The van der Waals surface area contributed by atoms with Crippen molar-refractivity contribution < 1.29 is 17.6 Å². The summed E-state index contributed by atoms with van der Waals surface area (Å²) < 4.78 is 44.3. The van der Waals surface area contributed by atoms with Crippen LogP contribution in [0.2, 0.25) is 0 Å². The van der Waals surface area contributed by atoms with Gasteiger partial charge in [-0.15, -0.1) is 11.3 Å². The maximum Gasteiger partial charge on any atom is 0.401 e. The number of nitrogens with zero attached hydrogens (tertiary/aromatic N) is 2. The van der Waals surface area contributed by atoms with Crippen LogP contribution in [-0.2, 0) is 6.54 Å². The molecule has 0 saturated carbocycles. The van der Waals surface area contributed by atoms with Gasteiger partial charge in [0, 0.05) is 6.54 Å². The molecule has 27 heavy (non-hydrogen) atoms. The van der Waals surface area contributed by atoms with E-state index in [0.29, 0.717) is 26.2 Å². The topological polar surface area (TPSA) is 41.3 Å². The Morgan fingerprint density at radius 2 is 2.07 bits per heavy atom. The van der Waals surface area contributed by atoms with Crippen molar-refractivity contribution in [3.05, 3.63) is 42.2 Å².